The van der Waals surface area contributed by atoms with Crippen LogP contribution in [0, 0.1) is 10.1 Å². The van der Waals surface area contributed by atoms with Crippen LogP contribution in [-0.4, -0.2) is 39.5 Å². The van der Waals surface area contributed by atoms with Crippen LogP contribution in [0.2, 0.25) is 0 Å². The van der Waals surface area contributed by atoms with Crippen LogP contribution in [0.5, 0.6) is 0 Å². The van der Waals surface area contributed by atoms with Gasteiger partial charge in [0.05, 0.1) is 35.3 Å². The Balaban J connectivity index is 1.74. The van der Waals surface area contributed by atoms with E-state index in [1.54, 1.807) is 26.0 Å². The number of hydrogen-bond acceptors (Lipinski definition) is 8. The molecule has 1 aliphatic carbocycles. The summed E-state index contributed by atoms with van der Waals surface area (Å²) in [5.41, 5.74) is 1.96. The number of ether oxygens (including phenoxy) is 1. The summed E-state index contributed by atoms with van der Waals surface area (Å²) in [6.45, 7) is 3.63. The van der Waals surface area contributed by atoms with Crippen molar-refractivity contribution in [1.82, 2.24) is 10.2 Å². The van der Waals surface area contributed by atoms with Gasteiger partial charge in [0, 0.05) is 23.9 Å². The fourth-order valence-corrected chi connectivity index (χ4v) is 4.60. The SMILES string of the molecule is CCOC(=O)C1=C(C)N=C2SC=C(CC(=O)NC3CC3)N2[C@H]1c1cccc([N+](=O)[O-])c1. The van der Waals surface area contributed by atoms with Crippen LogP contribution in [0.25, 0.3) is 0 Å². The van der Waals surface area contributed by atoms with Gasteiger partial charge in [-0.25, -0.2) is 9.79 Å². The smallest absolute Gasteiger partial charge is 0.338 e. The molecule has 0 spiro atoms. The molecule has 10 heteroatoms. The van der Waals surface area contributed by atoms with E-state index in [-0.39, 0.29) is 30.7 Å². The molecule has 1 atom stereocenters. The van der Waals surface area contributed by atoms with Gasteiger partial charge in [-0.1, -0.05) is 23.9 Å². The Morgan fingerprint density at radius 2 is 2.16 bits per heavy atom. The molecule has 1 saturated carbocycles. The second kappa shape index (κ2) is 8.54. The molecule has 1 aromatic carbocycles. The van der Waals surface area contributed by atoms with Crippen LogP contribution in [0.4, 0.5) is 5.69 Å². The van der Waals surface area contributed by atoms with Crippen molar-refractivity contribution in [3.05, 3.63) is 62.3 Å². The molecule has 1 amide bonds. The summed E-state index contributed by atoms with van der Waals surface area (Å²) in [6, 6.07) is 5.73. The van der Waals surface area contributed by atoms with E-state index in [0.29, 0.717) is 27.7 Å². The van der Waals surface area contributed by atoms with Crippen molar-refractivity contribution < 1.29 is 19.2 Å². The minimum absolute atomic E-state index is 0.0775. The lowest BCUT2D eigenvalue weighted by Gasteiger charge is -2.36. The molecule has 0 saturated heterocycles. The first-order valence-corrected chi connectivity index (χ1v) is 10.9. The second-order valence-electron chi connectivity index (χ2n) is 7.48. The molecule has 31 heavy (non-hydrogen) atoms. The topological polar surface area (TPSA) is 114 Å². The van der Waals surface area contributed by atoms with Crippen molar-refractivity contribution in [3.63, 3.8) is 0 Å². The van der Waals surface area contributed by atoms with E-state index in [4.69, 9.17) is 4.74 Å². The summed E-state index contributed by atoms with van der Waals surface area (Å²) >= 11 is 1.36. The quantitative estimate of drug-likeness (QED) is 0.391. The highest BCUT2D eigenvalue weighted by atomic mass is 32.2. The number of amides is 1. The summed E-state index contributed by atoms with van der Waals surface area (Å²) in [6.07, 6.45) is 2.10. The molecule has 2 aliphatic heterocycles. The Kier molecular flexibility index (Phi) is 5.81. The molecule has 9 nitrogen and oxygen atoms in total. The summed E-state index contributed by atoms with van der Waals surface area (Å²) in [7, 11) is 0. The number of thioether (sulfide) groups is 1. The van der Waals surface area contributed by atoms with Gasteiger partial charge < -0.3 is 15.0 Å². The summed E-state index contributed by atoms with van der Waals surface area (Å²) in [4.78, 5) is 42.6. The molecule has 4 rings (SSSR count). The number of carbonyl (C=O) groups excluding carboxylic acids is 2. The zero-order valence-corrected chi connectivity index (χ0v) is 18.0. The van der Waals surface area contributed by atoms with Gasteiger partial charge in [0.15, 0.2) is 5.17 Å². The molecule has 162 valence electrons. The van der Waals surface area contributed by atoms with Gasteiger partial charge >= 0.3 is 5.97 Å². The highest BCUT2D eigenvalue weighted by Gasteiger charge is 2.41. The number of fused-ring (bicyclic) bond motifs is 1. The van der Waals surface area contributed by atoms with E-state index in [0.717, 1.165) is 12.8 Å². The standard InChI is InChI=1S/C21H22N4O5S/c1-3-30-20(27)18-12(2)22-21-24(16(11-31-21)10-17(26)23-14-7-8-14)19(18)13-5-4-6-15(9-13)25(28)29/h4-6,9,11,14,19H,3,7-8,10H2,1-2H3,(H,23,26)/t19-/m0/s1. The third kappa shape index (κ3) is 4.34. The number of aliphatic imine (C=N–C) groups is 1. The van der Waals surface area contributed by atoms with Gasteiger partial charge in [-0.05, 0) is 37.7 Å². The van der Waals surface area contributed by atoms with Crippen LogP contribution >= 0.6 is 11.8 Å². The number of non-ortho nitro benzene ring substituents is 1. The lowest BCUT2D eigenvalue weighted by molar-refractivity contribution is -0.384. The van der Waals surface area contributed by atoms with E-state index < -0.39 is 16.9 Å². The van der Waals surface area contributed by atoms with Gasteiger partial charge in [0.1, 0.15) is 0 Å². The minimum atomic E-state index is -0.679. The maximum Gasteiger partial charge on any atom is 0.338 e. The van der Waals surface area contributed by atoms with Crippen LogP contribution in [0.1, 0.15) is 44.7 Å². The zero-order valence-electron chi connectivity index (χ0n) is 17.2. The van der Waals surface area contributed by atoms with Gasteiger partial charge in [-0.15, -0.1) is 0 Å². The molecule has 0 bridgehead atoms. The number of hydrogen-bond donors (Lipinski definition) is 1. The third-order valence-corrected chi connectivity index (χ3v) is 6.07. The van der Waals surface area contributed by atoms with E-state index >= 15 is 0 Å². The molecule has 3 aliphatic rings. The Bertz CT molecular complexity index is 1040. The van der Waals surface area contributed by atoms with Crippen molar-refractivity contribution in [3.8, 4) is 0 Å². The predicted octanol–water partition coefficient (Wildman–Crippen LogP) is 3.40. The fraction of sp³-hybridized carbons (Fsp3) is 0.381. The third-order valence-electron chi connectivity index (χ3n) is 5.18. The molecule has 2 heterocycles. The van der Waals surface area contributed by atoms with Gasteiger partial charge in [0.25, 0.3) is 5.69 Å². The van der Waals surface area contributed by atoms with Gasteiger partial charge in [0.2, 0.25) is 5.91 Å². The zero-order chi connectivity index (χ0) is 22.1. The molecule has 0 unspecified atom stereocenters. The van der Waals surface area contributed by atoms with E-state index in [2.05, 4.69) is 10.3 Å². The van der Waals surface area contributed by atoms with Crippen LogP contribution < -0.4 is 5.32 Å². The summed E-state index contributed by atoms with van der Waals surface area (Å²) < 4.78 is 5.27. The molecule has 1 fully saturated rings. The van der Waals surface area contributed by atoms with Crippen LogP contribution in [0.3, 0.4) is 0 Å². The number of allylic oxidation sites excluding steroid dienone is 1. The Morgan fingerprint density at radius 1 is 1.39 bits per heavy atom. The minimum Gasteiger partial charge on any atom is -0.463 e. The Hall–Kier alpha value is -3.14. The van der Waals surface area contributed by atoms with Crippen LogP contribution in [-0.2, 0) is 14.3 Å². The predicted molar refractivity (Wildman–Crippen MR) is 116 cm³/mol. The molecule has 0 radical (unpaired) electrons. The number of carbonyl (C=O) groups is 2. The Labute approximate surface area is 183 Å². The average molecular weight is 442 g/mol. The van der Waals surface area contributed by atoms with Crippen molar-refractivity contribution >= 4 is 34.5 Å². The van der Waals surface area contributed by atoms with Crippen molar-refractivity contribution in [2.24, 2.45) is 4.99 Å². The number of rotatable bonds is 7. The van der Waals surface area contributed by atoms with Gasteiger partial charge in [-0.3, -0.25) is 14.9 Å². The van der Waals surface area contributed by atoms with E-state index in [1.165, 1.54) is 23.9 Å². The van der Waals surface area contributed by atoms with Crippen LogP contribution in [0.15, 0.2) is 51.6 Å². The summed E-state index contributed by atoms with van der Waals surface area (Å²) in [5, 5.41) is 16.8. The molecule has 1 aromatic rings. The number of esters is 1. The van der Waals surface area contributed by atoms with Crippen molar-refractivity contribution in [1.29, 1.82) is 0 Å². The number of nitrogens with one attached hydrogen (secondary N) is 1. The van der Waals surface area contributed by atoms with Crippen molar-refractivity contribution in [2.75, 3.05) is 6.61 Å². The lowest BCUT2D eigenvalue weighted by atomic mass is 9.93. The number of amidine groups is 1. The summed E-state index contributed by atoms with van der Waals surface area (Å²) in [5.74, 6) is -0.629. The second-order valence-corrected chi connectivity index (χ2v) is 8.32. The monoisotopic (exact) mass is 442 g/mol. The Morgan fingerprint density at radius 3 is 2.84 bits per heavy atom. The number of nitrogens with zero attached hydrogens (tertiary/aromatic N) is 3. The van der Waals surface area contributed by atoms with Gasteiger partial charge in [-0.2, -0.15) is 0 Å². The molecule has 0 aromatic heterocycles. The highest BCUT2D eigenvalue weighted by molar-refractivity contribution is 8.16. The van der Waals surface area contributed by atoms with E-state index in [9.17, 15) is 19.7 Å². The highest BCUT2D eigenvalue weighted by Crippen LogP contribution is 2.45. The lowest BCUT2D eigenvalue weighted by Crippen LogP contribution is -2.38. The largest absolute Gasteiger partial charge is 0.463 e. The van der Waals surface area contributed by atoms with E-state index in [1.807, 2.05) is 10.3 Å². The first-order valence-electron chi connectivity index (χ1n) is 10.0. The number of nitro benzene ring substituents is 1. The molecule has 1 N–H and O–H groups in total. The first kappa shape index (κ1) is 21.1. The number of benzene rings is 1. The maximum atomic E-state index is 12.9. The molecular weight excluding hydrogens is 420 g/mol. The normalized spacial score (nSPS) is 20.1. The molecular formula is C21H22N4O5S. The van der Waals surface area contributed by atoms with Crippen molar-refractivity contribution in [2.45, 2.75) is 45.2 Å². The first-order chi connectivity index (χ1) is 14.9. The number of nitro groups is 1. The maximum absolute atomic E-state index is 12.9. The average Bonchev–Trinajstić information content (AvgIpc) is 3.46. The fourth-order valence-electron chi connectivity index (χ4n) is 3.63.